The highest BCUT2D eigenvalue weighted by Gasteiger charge is 2.18. The van der Waals surface area contributed by atoms with E-state index in [1.807, 2.05) is 67.0 Å². The Morgan fingerprint density at radius 2 is 1.87 bits per heavy atom. The van der Waals surface area contributed by atoms with Crippen LogP contribution in [0.1, 0.15) is 61.2 Å². The summed E-state index contributed by atoms with van der Waals surface area (Å²) in [5.41, 5.74) is 9.97. The number of fused-ring (bicyclic) bond motifs is 1. The van der Waals surface area contributed by atoms with Crippen LogP contribution in [0.4, 0.5) is 0 Å². The van der Waals surface area contributed by atoms with Crippen molar-refractivity contribution >= 4 is 29.1 Å². The zero-order valence-corrected chi connectivity index (χ0v) is 23.0. The van der Waals surface area contributed by atoms with Gasteiger partial charge in [-0.05, 0) is 63.4 Å². The molecule has 2 aromatic heterocycles. The Bertz CT molecular complexity index is 1460. The summed E-state index contributed by atoms with van der Waals surface area (Å²) in [6, 6.07) is 16.2. The van der Waals surface area contributed by atoms with Crippen molar-refractivity contribution in [2.45, 2.75) is 58.3 Å². The number of aliphatic hydroxyl groups excluding tert-OH is 1. The molecule has 2 amide bonds. The molecule has 0 saturated heterocycles. The number of aromatic nitrogens is 2. The van der Waals surface area contributed by atoms with Gasteiger partial charge in [0.15, 0.2) is 0 Å². The van der Waals surface area contributed by atoms with E-state index < -0.39 is 12.0 Å². The van der Waals surface area contributed by atoms with Gasteiger partial charge in [-0.15, -0.1) is 0 Å². The maximum Gasteiger partial charge on any atom is 0.251 e. The van der Waals surface area contributed by atoms with E-state index in [1.165, 1.54) is 0 Å². The fourth-order valence-corrected chi connectivity index (χ4v) is 4.62. The smallest absolute Gasteiger partial charge is 0.251 e. The highest BCUT2D eigenvalue weighted by atomic mass is 35.5. The fourth-order valence-electron chi connectivity index (χ4n) is 4.40. The lowest BCUT2D eigenvalue weighted by molar-refractivity contribution is -0.118. The molecule has 39 heavy (non-hydrogen) atoms. The largest absolute Gasteiger partial charge is 0.489 e. The first-order valence-electron chi connectivity index (χ1n) is 12.9. The first kappa shape index (κ1) is 28.1. The van der Waals surface area contributed by atoms with Crippen LogP contribution in [-0.2, 0) is 11.2 Å². The molecule has 8 nitrogen and oxygen atoms in total. The number of rotatable bonds is 11. The van der Waals surface area contributed by atoms with Crippen molar-refractivity contribution in [2.24, 2.45) is 5.73 Å². The van der Waals surface area contributed by atoms with Gasteiger partial charge < -0.3 is 25.3 Å². The Morgan fingerprint density at radius 3 is 2.51 bits per heavy atom. The third kappa shape index (κ3) is 7.16. The number of nitrogens with zero attached hydrogens (tertiary/aromatic N) is 2. The van der Waals surface area contributed by atoms with Crippen molar-refractivity contribution in [3.05, 3.63) is 88.7 Å². The molecule has 4 aromatic rings. The summed E-state index contributed by atoms with van der Waals surface area (Å²) in [5.74, 6) is -0.203. The molecule has 2 atom stereocenters. The lowest BCUT2D eigenvalue weighted by Gasteiger charge is -2.19. The van der Waals surface area contributed by atoms with E-state index in [9.17, 15) is 14.7 Å². The summed E-state index contributed by atoms with van der Waals surface area (Å²) in [4.78, 5) is 29.2. The van der Waals surface area contributed by atoms with Gasteiger partial charge in [-0.1, -0.05) is 41.9 Å². The lowest BCUT2D eigenvalue weighted by Crippen LogP contribution is -2.37. The third-order valence-corrected chi connectivity index (χ3v) is 6.62. The van der Waals surface area contributed by atoms with Gasteiger partial charge in [-0.2, -0.15) is 0 Å². The molecule has 4 N–H and O–H groups in total. The average Bonchev–Trinajstić information content (AvgIpc) is 3.33. The summed E-state index contributed by atoms with van der Waals surface area (Å²) in [5, 5.41) is 13.4. The summed E-state index contributed by atoms with van der Waals surface area (Å²) < 4.78 is 7.54. The van der Waals surface area contributed by atoms with E-state index in [2.05, 4.69) is 5.32 Å². The molecule has 0 fully saturated rings. The standard InChI is InChI=1S/C30H33ClN4O4/c1-18(2)39-27-12-10-22(16-25(27)31)30(38)33-23(11-13-28(32)37)15-20-6-8-21(9-7-20)26-17-35-14-4-5-24(19(3)36)29(35)34-26/h4-10,12,14,16-19,23,36H,11,13,15H2,1-3H3,(H2,32,37)(H,33,38). The molecule has 0 aliphatic carbocycles. The predicted octanol–water partition coefficient (Wildman–Crippen LogP) is 5.10. The van der Waals surface area contributed by atoms with E-state index in [-0.39, 0.29) is 24.5 Å². The number of nitrogens with two attached hydrogens (primary N) is 1. The number of hydrogen-bond acceptors (Lipinski definition) is 5. The number of nitrogens with one attached hydrogen (secondary N) is 1. The number of primary amides is 1. The van der Waals surface area contributed by atoms with Gasteiger partial charge in [0, 0.05) is 41.5 Å². The summed E-state index contributed by atoms with van der Waals surface area (Å²) in [7, 11) is 0. The highest BCUT2D eigenvalue weighted by Crippen LogP contribution is 2.27. The van der Waals surface area contributed by atoms with Crippen LogP contribution in [-0.4, -0.2) is 38.5 Å². The van der Waals surface area contributed by atoms with Crippen LogP contribution in [0.25, 0.3) is 16.9 Å². The van der Waals surface area contributed by atoms with Crippen molar-refractivity contribution in [2.75, 3.05) is 0 Å². The molecule has 4 rings (SSSR count). The number of aliphatic hydroxyl groups is 1. The number of amides is 2. The molecule has 204 valence electrons. The molecule has 0 spiro atoms. The molecule has 2 heterocycles. The molecule has 0 radical (unpaired) electrons. The van der Waals surface area contributed by atoms with Gasteiger partial charge in [0.05, 0.1) is 22.9 Å². The summed E-state index contributed by atoms with van der Waals surface area (Å²) >= 11 is 6.32. The first-order chi connectivity index (χ1) is 18.6. The van der Waals surface area contributed by atoms with Crippen molar-refractivity contribution in [3.63, 3.8) is 0 Å². The molecule has 0 saturated carbocycles. The van der Waals surface area contributed by atoms with E-state index in [4.69, 9.17) is 27.1 Å². The average molecular weight is 549 g/mol. The van der Waals surface area contributed by atoms with Crippen molar-refractivity contribution in [3.8, 4) is 17.0 Å². The maximum atomic E-state index is 13.0. The minimum absolute atomic E-state index is 0.0406. The Hall–Kier alpha value is -3.88. The van der Waals surface area contributed by atoms with Crippen molar-refractivity contribution < 1.29 is 19.4 Å². The number of benzene rings is 2. The van der Waals surface area contributed by atoms with Gasteiger partial charge in [-0.3, -0.25) is 9.59 Å². The maximum absolute atomic E-state index is 13.0. The van der Waals surface area contributed by atoms with Gasteiger partial charge in [0.2, 0.25) is 5.91 Å². The Morgan fingerprint density at radius 1 is 1.13 bits per heavy atom. The van der Waals surface area contributed by atoms with Crippen LogP contribution in [0, 0.1) is 0 Å². The predicted molar refractivity (Wildman–Crippen MR) is 152 cm³/mol. The number of ether oxygens (including phenoxy) is 1. The molecule has 2 aromatic carbocycles. The molecule has 0 aliphatic rings. The Labute approximate surface area is 232 Å². The normalized spacial score (nSPS) is 12.9. The van der Waals surface area contributed by atoms with Gasteiger partial charge >= 0.3 is 0 Å². The summed E-state index contributed by atoms with van der Waals surface area (Å²) in [6.07, 6.45) is 4.23. The van der Waals surface area contributed by atoms with E-state index in [0.717, 1.165) is 22.4 Å². The van der Waals surface area contributed by atoms with E-state index in [0.29, 0.717) is 34.8 Å². The number of imidazole rings is 1. The van der Waals surface area contributed by atoms with Crippen LogP contribution in [0.2, 0.25) is 5.02 Å². The minimum atomic E-state index is -0.624. The number of halogens is 1. The first-order valence-corrected chi connectivity index (χ1v) is 13.3. The number of pyridine rings is 1. The van der Waals surface area contributed by atoms with Gasteiger partial charge in [0.25, 0.3) is 5.91 Å². The molecule has 0 bridgehead atoms. The minimum Gasteiger partial charge on any atom is -0.489 e. The Kier molecular flexibility index (Phi) is 8.89. The van der Waals surface area contributed by atoms with Crippen LogP contribution >= 0.6 is 11.6 Å². The quantitative estimate of drug-likeness (QED) is 0.241. The molecule has 9 heteroatoms. The summed E-state index contributed by atoms with van der Waals surface area (Å²) in [6.45, 7) is 5.52. The Balaban J connectivity index is 1.49. The van der Waals surface area contributed by atoms with Crippen LogP contribution in [0.15, 0.2) is 67.0 Å². The monoisotopic (exact) mass is 548 g/mol. The lowest BCUT2D eigenvalue weighted by atomic mass is 9.99. The van der Waals surface area contributed by atoms with Crippen LogP contribution in [0.5, 0.6) is 5.75 Å². The zero-order chi connectivity index (χ0) is 28.1. The molecule has 0 aliphatic heterocycles. The van der Waals surface area contributed by atoms with E-state index in [1.54, 1.807) is 25.1 Å². The van der Waals surface area contributed by atoms with Crippen LogP contribution < -0.4 is 15.8 Å². The second-order valence-electron chi connectivity index (χ2n) is 9.88. The zero-order valence-electron chi connectivity index (χ0n) is 22.2. The fraction of sp³-hybridized carbons (Fsp3) is 0.300. The molecular formula is C30H33ClN4O4. The van der Waals surface area contributed by atoms with Crippen molar-refractivity contribution in [1.82, 2.24) is 14.7 Å². The number of carbonyl (C=O) groups is 2. The SMILES string of the molecule is CC(C)Oc1ccc(C(=O)NC(CCC(N)=O)Cc2ccc(-c3cn4cccc(C(C)O)c4n3)cc2)cc1Cl. The molecule has 2 unspecified atom stereocenters. The highest BCUT2D eigenvalue weighted by molar-refractivity contribution is 6.32. The van der Waals surface area contributed by atoms with Gasteiger partial charge in [0.1, 0.15) is 11.4 Å². The van der Waals surface area contributed by atoms with Gasteiger partial charge in [-0.25, -0.2) is 4.98 Å². The van der Waals surface area contributed by atoms with Crippen LogP contribution in [0.3, 0.4) is 0 Å². The second kappa shape index (κ2) is 12.3. The topological polar surface area (TPSA) is 119 Å². The van der Waals surface area contributed by atoms with E-state index >= 15 is 0 Å². The number of carbonyl (C=O) groups excluding carboxylic acids is 2. The second-order valence-corrected chi connectivity index (χ2v) is 10.3. The number of hydrogen-bond donors (Lipinski definition) is 3. The molecular weight excluding hydrogens is 516 g/mol. The third-order valence-electron chi connectivity index (χ3n) is 6.33. The van der Waals surface area contributed by atoms with Crippen molar-refractivity contribution in [1.29, 1.82) is 0 Å².